The molecule has 84 valence electrons. The molecule has 0 bridgehead atoms. The van der Waals surface area contributed by atoms with E-state index in [2.05, 4.69) is 15.0 Å². The lowest BCUT2D eigenvalue weighted by molar-refractivity contribution is -0.117. The number of carbonyl (C=O) groups is 1. The zero-order valence-electron chi connectivity index (χ0n) is 8.21. The van der Waals surface area contributed by atoms with Crippen molar-refractivity contribution in [2.24, 2.45) is 11.0 Å². The molecule has 2 rings (SSSR count). The van der Waals surface area contributed by atoms with Gasteiger partial charge in [0, 0.05) is 24.4 Å². The Morgan fingerprint density at radius 3 is 3.25 bits per heavy atom. The molecule has 6 nitrogen and oxygen atoms in total. The topological polar surface area (TPSA) is 82.0 Å². The highest BCUT2D eigenvalue weighted by atomic mass is 35.5. The molecule has 0 spiro atoms. The number of halogens is 1. The average molecular weight is 258 g/mol. The van der Waals surface area contributed by atoms with Gasteiger partial charge in [0.2, 0.25) is 5.91 Å². The van der Waals surface area contributed by atoms with E-state index in [1.807, 2.05) is 0 Å². The van der Waals surface area contributed by atoms with Crippen molar-refractivity contribution >= 4 is 34.0 Å². The van der Waals surface area contributed by atoms with Gasteiger partial charge in [-0.05, 0) is 11.4 Å². The third kappa shape index (κ3) is 2.27. The molecular weight excluding hydrogens is 250 g/mol. The van der Waals surface area contributed by atoms with Gasteiger partial charge >= 0.3 is 0 Å². The van der Waals surface area contributed by atoms with E-state index in [0.29, 0.717) is 29.0 Å². The highest BCUT2D eigenvalue weighted by Crippen LogP contribution is 2.31. The standard InChI is InChI=1S/C8H8ClN5OS/c9-6-3-11-8(16-6)14-4-5(1-7(14)15)2-12-13-10/h3,5H,1-2,4H2. The first-order valence-electron chi connectivity index (χ1n) is 4.63. The summed E-state index contributed by atoms with van der Waals surface area (Å²) < 4.78 is 0.557. The molecule has 16 heavy (non-hydrogen) atoms. The molecule has 1 amide bonds. The minimum Gasteiger partial charge on any atom is -0.288 e. The van der Waals surface area contributed by atoms with Crippen molar-refractivity contribution in [2.45, 2.75) is 6.42 Å². The maximum absolute atomic E-state index is 11.7. The van der Waals surface area contributed by atoms with E-state index in [0.717, 1.165) is 0 Å². The number of thiazole rings is 1. The molecule has 8 heteroatoms. The highest BCUT2D eigenvalue weighted by Gasteiger charge is 2.31. The largest absolute Gasteiger partial charge is 0.288 e. The van der Waals surface area contributed by atoms with Crippen LogP contribution in [0.15, 0.2) is 11.3 Å². The van der Waals surface area contributed by atoms with Crippen LogP contribution in [0.1, 0.15) is 6.42 Å². The predicted molar refractivity (Wildman–Crippen MR) is 61.6 cm³/mol. The fourth-order valence-electron chi connectivity index (χ4n) is 1.61. The first-order valence-corrected chi connectivity index (χ1v) is 5.82. The number of rotatable bonds is 3. The lowest BCUT2D eigenvalue weighted by Gasteiger charge is -2.11. The van der Waals surface area contributed by atoms with Gasteiger partial charge in [-0.15, -0.1) is 0 Å². The van der Waals surface area contributed by atoms with Crippen LogP contribution in [0.2, 0.25) is 4.34 Å². The first kappa shape index (κ1) is 11.2. The molecule has 0 N–H and O–H groups in total. The smallest absolute Gasteiger partial charge is 0.229 e. The lowest BCUT2D eigenvalue weighted by atomic mass is 10.1. The Bertz CT molecular complexity index is 455. The number of anilines is 1. The van der Waals surface area contributed by atoms with E-state index >= 15 is 0 Å². The predicted octanol–water partition coefficient (Wildman–Crippen LogP) is 2.46. The van der Waals surface area contributed by atoms with Crippen molar-refractivity contribution in [3.05, 3.63) is 21.0 Å². The van der Waals surface area contributed by atoms with Crippen LogP contribution in [0.4, 0.5) is 5.13 Å². The van der Waals surface area contributed by atoms with Gasteiger partial charge in [0.1, 0.15) is 4.34 Å². The van der Waals surface area contributed by atoms with E-state index < -0.39 is 0 Å². The quantitative estimate of drug-likeness (QED) is 0.473. The second-order valence-corrected chi connectivity index (χ2v) is 5.08. The van der Waals surface area contributed by atoms with Crippen LogP contribution in [-0.4, -0.2) is 24.0 Å². The van der Waals surface area contributed by atoms with Gasteiger partial charge in [0.05, 0.1) is 6.20 Å². The van der Waals surface area contributed by atoms with Gasteiger partial charge in [-0.2, -0.15) is 0 Å². The second-order valence-electron chi connectivity index (χ2n) is 3.43. The molecule has 0 aliphatic carbocycles. The van der Waals surface area contributed by atoms with Crippen molar-refractivity contribution in [3.63, 3.8) is 0 Å². The second kappa shape index (κ2) is 4.69. The van der Waals surface area contributed by atoms with E-state index in [1.165, 1.54) is 17.5 Å². The van der Waals surface area contributed by atoms with Gasteiger partial charge in [-0.1, -0.05) is 28.1 Å². The third-order valence-corrected chi connectivity index (χ3v) is 3.44. The fourth-order valence-corrected chi connectivity index (χ4v) is 2.54. The molecular formula is C8H8ClN5OS. The van der Waals surface area contributed by atoms with Gasteiger partial charge in [-0.25, -0.2) is 4.98 Å². The molecule has 1 aliphatic heterocycles. The Morgan fingerprint density at radius 2 is 2.62 bits per heavy atom. The summed E-state index contributed by atoms with van der Waals surface area (Å²) in [6.45, 7) is 0.888. The van der Waals surface area contributed by atoms with E-state index in [1.54, 1.807) is 4.90 Å². The lowest BCUT2D eigenvalue weighted by Crippen LogP contribution is -2.24. The maximum atomic E-state index is 11.7. The van der Waals surface area contributed by atoms with Crippen molar-refractivity contribution in [3.8, 4) is 0 Å². The van der Waals surface area contributed by atoms with E-state index in [9.17, 15) is 4.79 Å². The molecule has 2 heterocycles. The van der Waals surface area contributed by atoms with Gasteiger partial charge in [0.25, 0.3) is 0 Å². The normalized spacial score (nSPS) is 19.9. The summed E-state index contributed by atoms with van der Waals surface area (Å²) in [5, 5.41) is 4.09. The Labute approximate surface area is 100 Å². The van der Waals surface area contributed by atoms with Crippen LogP contribution in [0, 0.1) is 5.92 Å². The molecule has 1 aromatic heterocycles. The van der Waals surface area contributed by atoms with Gasteiger partial charge in [-0.3, -0.25) is 9.69 Å². The molecule has 1 aromatic rings. The molecule has 1 fully saturated rings. The van der Waals surface area contributed by atoms with Crippen LogP contribution < -0.4 is 4.90 Å². The van der Waals surface area contributed by atoms with E-state index in [-0.39, 0.29) is 11.8 Å². The van der Waals surface area contributed by atoms with Crippen LogP contribution in [0.25, 0.3) is 10.4 Å². The van der Waals surface area contributed by atoms with Crippen molar-refractivity contribution in [1.82, 2.24) is 4.98 Å². The zero-order chi connectivity index (χ0) is 11.5. The summed E-state index contributed by atoms with van der Waals surface area (Å²) in [6.07, 6.45) is 1.92. The molecule has 1 aliphatic rings. The molecule has 0 radical (unpaired) electrons. The number of carbonyl (C=O) groups excluding carboxylic acids is 1. The fraction of sp³-hybridized carbons (Fsp3) is 0.500. The number of aromatic nitrogens is 1. The van der Waals surface area contributed by atoms with E-state index in [4.69, 9.17) is 17.1 Å². The Morgan fingerprint density at radius 1 is 1.81 bits per heavy atom. The SMILES string of the molecule is [N-]=[N+]=NCC1CC(=O)N(c2ncc(Cl)s2)C1. The average Bonchev–Trinajstić information content (AvgIpc) is 2.82. The van der Waals surface area contributed by atoms with Crippen molar-refractivity contribution < 1.29 is 4.79 Å². The molecule has 0 saturated carbocycles. The van der Waals surface area contributed by atoms with Crippen LogP contribution in [0.3, 0.4) is 0 Å². The first-order chi connectivity index (χ1) is 7.70. The van der Waals surface area contributed by atoms with Crippen molar-refractivity contribution in [2.75, 3.05) is 18.0 Å². The Kier molecular flexibility index (Phi) is 3.28. The summed E-state index contributed by atoms with van der Waals surface area (Å²) in [6, 6.07) is 0. The molecule has 1 saturated heterocycles. The van der Waals surface area contributed by atoms with Gasteiger partial charge in [0.15, 0.2) is 5.13 Å². The number of hydrogen-bond acceptors (Lipinski definition) is 4. The number of azide groups is 1. The summed E-state index contributed by atoms with van der Waals surface area (Å²) in [5.74, 6) is 0.0789. The Hall–Kier alpha value is -1.30. The summed E-state index contributed by atoms with van der Waals surface area (Å²) >= 11 is 7.03. The minimum atomic E-state index is 0.00385. The monoisotopic (exact) mass is 257 g/mol. The van der Waals surface area contributed by atoms with Crippen LogP contribution >= 0.6 is 22.9 Å². The number of hydrogen-bond donors (Lipinski definition) is 0. The summed E-state index contributed by atoms with van der Waals surface area (Å²) in [5.41, 5.74) is 8.21. The van der Waals surface area contributed by atoms with Crippen LogP contribution in [-0.2, 0) is 4.79 Å². The van der Waals surface area contributed by atoms with Gasteiger partial charge < -0.3 is 0 Å². The molecule has 1 unspecified atom stereocenters. The molecule has 0 aromatic carbocycles. The third-order valence-electron chi connectivity index (χ3n) is 2.30. The Balaban J connectivity index is 2.07. The van der Waals surface area contributed by atoms with Crippen LogP contribution in [0.5, 0.6) is 0 Å². The summed E-state index contributed by atoms with van der Waals surface area (Å²) in [4.78, 5) is 20.0. The number of nitrogens with zero attached hydrogens (tertiary/aromatic N) is 5. The minimum absolute atomic E-state index is 0.00385. The summed E-state index contributed by atoms with van der Waals surface area (Å²) in [7, 11) is 0. The maximum Gasteiger partial charge on any atom is 0.229 e. The number of amides is 1. The highest BCUT2D eigenvalue weighted by molar-refractivity contribution is 7.19. The van der Waals surface area contributed by atoms with Crippen molar-refractivity contribution in [1.29, 1.82) is 0 Å². The molecule has 1 atom stereocenters. The zero-order valence-corrected chi connectivity index (χ0v) is 9.78.